The molecule has 6 nitrogen and oxygen atoms in total. The summed E-state index contributed by atoms with van der Waals surface area (Å²) in [7, 11) is 0. The van der Waals surface area contributed by atoms with E-state index in [2.05, 4.69) is 28.7 Å². The second-order valence-corrected chi connectivity index (χ2v) is 8.05. The fourth-order valence-electron chi connectivity index (χ4n) is 3.86. The van der Waals surface area contributed by atoms with Crippen molar-refractivity contribution in [3.05, 3.63) is 53.1 Å². The lowest BCUT2D eigenvalue weighted by Crippen LogP contribution is -2.33. The van der Waals surface area contributed by atoms with Crippen LogP contribution in [0.4, 0.5) is 10.5 Å². The summed E-state index contributed by atoms with van der Waals surface area (Å²) >= 11 is 6.25. The number of rotatable bonds is 3. The Balaban J connectivity index is 1.53. The molecule has 1 unspecified atom stereocenters. The first-order valence-corrected chi connectivity index (χ1v) is 9.95. The Labute approximate surface area is 169 Å². The number of halogens is 1. The van der Waals surface area contributed by atoms with Crippen LogP contribution in [0, 0.1) is 6.92 Å². The van der Waals surface area contributed by atoms with Crippen LogP contribution in [0.1, 0.15) is 43.6 Å². The monoisotopic (exact) mass is 397 g/mol. The number of likely N-dealkylation sites (tertiary alicyclic amines) is 1. The van der Waals surface area contributed by atoms with E-state index in [1.165, 1.54) is 0 Å². The molecule has 3 heterocycles. The fraction of sp³-hybridized carbons (Fsp3) is 0.381. The molecule has 0 bridgehead atoms. The largest absolute Gasteiger partial charge is 0.324 e. The summed E-state index contributed by atoms with van der Waals surface area (Å²) in [5, 5.41) is 3.49. The Morgan fingerprint density at radius 1 is 1.32 bits per heavy atom. The van der Waals surface area contributed by atoms with E-state index in [0.717, 1.165) is 28.8 Å². The van der Waals surface area contributed by atoms with Crippen molar-refractivity contribution in [3.63, 3.8) is 0 Å². The van der Waals surface area contributed by atoms with E-state index in [4.69, 9.17) is 16.6 Å². The molecule has 1 aliphatic rings. The summed E-state index contributed by atoms with van der Waals surface area (Å²) in [5.41, 5.74) is 3.70. The number of nitrogens with one attached hydrogen (secondary N) is 1. The Hall–Kier alpha value is -2.60. The topological polar surface area (TPSA) is 63.1 Å². The molecular weight excluding hydrogens is 374 g/mol. The Morgan fingerprint density at radius 2 is 2.14 bits per heavy atom. The van der Waals surface area contributed by atoms with Gasteiger partial charge in [-0.1, -0.05) is 17.7 Å². The molecule has 0 saturated carbocycles. The van der Waals surface area contributed by atoms with Gasteiger partial charge in [0.2, 0.25) is 0 Å². The van der Waals surface area contributed by atoms with Gasteiger partial charge < -0.3 is 14.8 Å². The highest BCUT2D eigenvalue weighted by molar-refractivity contribution is 6.33. The molecule has 2 amide bonds. The first-order chi connectivity index (χ1) is 13.4. The van der Waals surface area contributed by atoms with E-state index in [0.29, 0.717) is 23.8 Å². The second kappa shape index (κ2) is 7.43. The third kappa shape index (κ3) is 3.44. The molecular formula is C21H24ClN5O. The zero-order valence-corrected chi connectivity index (χ0v) is 17.1. The minimum Gasteiger partial charge on any atom is -0.324 e. The van der Waals surface area contributed by atoms with Crippen LogP contribution in [0.2, 0.25) is 5.02 Å². The number of pyridine rings is 1. The Bertz CT molecular complexity index is 1030. The van der Waals surface area contributed by atoms with Gasteiger partial charge in [-0.05, 0) is 51.0 Å². The van der Waals surface area contributed by atoms with Crippen LogP contribution in [0.15, 0.2) is 36.7 Å². The number of imidazole rings is 1. The van der Waals surface area contributed by atoms with Gasteiger partial charge in [0.05, 0.1) is 27.9 Å². The van der Waals surface area contributed by atoms with Gasteiger partial charge in [-0.2, -0.15) is 0 Å². The summed E-state index contributed by atoms with van der Waals surface area (Å²) < 4.78 is 2.24. The molecule has 1 saturated heterocycles. The van der Waals surface area contributed by atoms with Crippen LogP contribution < -0.4 is 5.32 Å². The van der Waals surface area contributed by atoms with Crippen LogP contribution in [-0.2, 0) is 0 Å². The number of hydrogen-bond donors (Lipinski definition) is 1. The fourth-order valence-corrected chi connectivity index (χ4v) is 4.14. The number of aryl methyl sites for hydroxylation is 1. The van der Waals surface area contributed by atoms with Gasteiger partial charge in [0.1, 0.15) is 5.82 Å². The lowest BCUT2D eigenvalue weighted by Gasteiger charge is -2.19. The molecule has 0 spiro atoms. The maximum Gasteiger partial charge on any atom is 0.321 e. The first kappa shape index (κ1) is 18.7. The van der Waals surface area contributed by atoms with E-state index in [1.54, 1.807) is 6.20 Å². The number of nitrogens with zero attached hydrogens (tertiary/aromatic N) is 4. The summed E-state index contributed by atoms with van der Waals surface area (Å²) in [5.74, 6) is 1.23. The molecule has 2 aromatic heterocycles. The van der Waals surface area contributed by atoms with Gasteiger partial charge in [0.15, 0.2) is 0 Å². The van der Waals surface area contributed by atoms with Gasteiger partial charge >= 0.3 is 6.03 Å². The van der Waals surface area contributed by atoms with E-state index in [9.17, 15) is 4.79 Å². The minimum absolute atomic E-state index is 0.123. The van der Waals surface area contributed by atoms with Crippen molar-refractivity contribution >= 4 is 34.4 Å². The van der Waals surface area contributed by atoms with Crippen molar-refractivity contribution in [1.29, 1.82) is 0 Å². The van der Waals surface area contributed by atoms with Gasteiger partial charge in [-0.3, -0.25) is 4.98 Å². The number of benzene rings is 1. The molecule has 1 atom stereocenters. The van der Waals surface area contributed by atoms with E-state index < -0.39 is 0 Å². The average molecular weight is 398 g/mol. The highest BCUT2D eigenvalue weighted by Gasteiger charge is 2.31. The third-order valence-corrected chi connectivity index (χ3v) is 5.55. The standard InChI is InChI=1S/C21H24ClN5O/c1-13(2)27-19-11-23-8-6-18(19)24-20(27)15-7-9-26(12-15)21(28)25-17-5-4-14(3)10-16(17)22/h4-6,8,10-11,13,15H,7,9,12H2,1-3H3,(H,25,28). The molecule has 0 radical (unpaired) electrons. The minimum atomic E-state index is -0.123. The highest BCUT2D eigenvalue weighted by atomic mass is 35.5. The molecule has 28 heavy (non-hydrogen) atoms. The number of urea groups is 1. The molecule has 7 heteroatoms. The normalized spacial score (nSPS) is 16.9. The van der Waals surface area contributed by atoms with E-state index in [-0.39, 0.29) is 18.0 Å². The first-order valence-electron chi connectivity index (χ1n) is 9.58. The summed E-state index contributed by atoms with van der Waals surface area (Å²) in [4.78, 5) is 23.7. The number of carbonyl (C=O) groups excluding carboxylic acids is 1. The number of aromatic nitrogens is 3. The van der Waals surface area contributed by atoms with Crippen molar-refractivity contribution in [2.24, 2.45) is 0 Å². The zero-order valence-electron chi connectivity index (χ0n) is 16.3. The smallest absolute Gasteiger partial charge is 0.321 e. The van der Waals surface area contributed by atoms with Crippen molar-refractivity contribution in [3.8, 4) is 0 Å². The van der Waals surface area contributed by atoms with Crippen LogP contribution in [0.25, 0.3) is 11.0 Å². The maximum atomic E-state index is 12.7. The van der Waals surface area contributed by atoms with Crippen LogP contribution >= 0.6 is 11.6 Å². The van der Waals surface area contributed by atoms with E-state index in [1.807, 2.05) is 42.3 Å². The van der Waals surface area contributed by atoms with Crippen LogP contribution in [0.3, 0.4) is 0 Å². The lowest BCUT2D eigenvalue weighted by molar-refractivity contribution is 0.222. The molecule has 0 aliphatic carbocycles. The quantitative estimate of drug-likeness (QED) is 0.676. The number of fused-ring (bicyclic) bond motifs is 1. The zero-order chi connectivity index (χ0) is 19.8. The molecule has 146 valence electrons. The number of anilines is 1. The van der Waals surface area contributed by atoms with Crippen molar-refractivity contribution in [2.75, 3.05) is 18.4 Å². The second-order valence-electron chi connectivity index (χ2n) is 7.64. The summed E-state index contributed by atoms with van der Waals surface area (Å²) in [6.45, 7) is 7.60. The maximum absolute atomic E-state index is 12.7. The van der Waals surface area contributed by atoms with Gasteiger partial charge in [-0.25, -0.2) is 9.78 Å². The summed E-state index contributed by atoms with van der Waals surface area (Å²) in [6.07, 6.45) is 4.52. The molecule has 1 fully saturated rings. The Morgan fingerprint density at radius 3 is 2.89 bits per heavy atom. The van der Waals surface area contributed by atoms with Crippen LogP contribution in [-0.4, -0.2) is 38.6 Å². The van der Waals surface area contributed by atoms with Crippen LogP contribution in [0.5, 0.6) is 0 Å². The van der Waals surface area contributed by atoms with Crippen molar-refractivity contribution < 1.29 is 4.79 Å². The number of hydrogen-bond acceptors (Lipinski definition) is 3. The summed E-state index contributed by atoms with van der Waals surface area (Å²) in [6, 6.07) is 7.72. The van der Waals surface area contributed by atoms with Gasteiger partial charge in [0, 0.05) is 31.2 Å². The number of carbonyl (C=O) groups is 1. The molecule has 1 aliphatic heterocycles. The predicted molar refractivity (Wildman–Crippen MR) is 112 cm³/mol. The lowest BCUT2D eigenvalue weighted by atomic mass is 10.1. The predicted octanol–water partition coefficient (Wildman–Crippen LogP) is 5.00. The van der Waals surface area contributed by atoms with Gasteiger partial charge in [-0.15, -0.1) is 0 Å². The Kier molecular flexibility index (Phi) is 4.98. The molecule has 1 N–H and O–H groups in total. The molecule has 3 aromatic rings. The van der Waals surface area contributed by atoms with Gasteiger partial charge in [0.25, 0.3) is 0 Å². The third-order valence-electron chi connectivity index (χ3n) is 5.24. The molecule has 1 aromatic carbocycles. The van der Waals surface area contributed by atoms with Crippen molar-refractivity contribution in [1.82, 2.24) is 19.4 Å². The van der Waals surface area contributed by atoms with Crippen molar-refractivity contribution in [2.45, 2.75) is 39.2 Å². The SMILES string of the molecule is Cc1ccc(NC(=O)N2CCC(c3nc4ccncc4n3C(C)C)C2)c(Cl)c1. The highest BCUT2D eigenvalue weighted by Crippen LogP contribution is 2.32. The molecule has 4 rings (SSSR count). The average Bonchev–Trinajstić information content (AvgIpc) is 3.28. The number of amides is 2. The van der Waals surface area contributed by atoms with E-state index >= 15 is 0 Å².